The Bertz CT molecular complexity index is 554. The van der Waals surface area contributed by atoms with Crippen LogP contribution in [-0.4, -0.2) is 55.4 Å². The largest absolute Gasteiger partial charge is 0.493 e. The SMILES string of the molecule is CCCOc1ccc(CN=C(NCC)N2CC[C@@H](O)C2)cc1OC.I. The predicted molar refractivity (Wildman–Crippen MR) is 111 cm³/mol. The lowest BCUT2D eigenvalue weighted by Crippen LogP contribution is -2.40. The van der Waals surface area contributed by atoms with Crippen LogP contribution in [0.5, 0.6) is 11.5 Å². The summed E-state index contributed by atoms with van der Waals surface area (Å²) in [6.07, 6.45) is 1.49. The molecule has 1 saturated heterocycles. The summed E-state index contributed by atoms with van der Waals surface area (Å²) >= 11 is 0. The number of nitrogens with one attached hydrogen (secondary N) is 1. The summed E-state index contributed by atoms with van der Waals surface area (Å²) in [6, 6.07) is 5.92. The predicted octanol–water partition coefficient (Wildman–Crippen LogP) is 2.63. The van der Waals surface area contributed by atoms with Crippen molar-refractivity contribution in [2.45, 2.75) is 39.3 Å². The molecule has 1 aromatic carbocycles. The van der Waals surface area contributed by atoms with Gasteiger partial charge in [0, 0.05) is 19.6 Å². The van der Waals surface area contributed by atoms with Crippen LogP contribution in [0.15, 0.2) is 23.2 Å². The molecular weight excluding hydrogens is 433 g/mol. The van der Waals surface area contributed by atoms with Crippen LogP contribution in [0.3, 0.4) is 0 Å². The minimum absolute atomic E-state index is 0. The second-order valence-electron chi connectivity index (χ2n) is 5.89. The van der Waals surface area contributed by atoms with Gasteiger partial charge in [-0.25, -0.2) is 4.99 Å². The van der Waals surface area contributed by atoms with Gasteiger partial charge in [0.05, 0.1) is 26.4 Å². The third-order valence-corrected chi connectivity index (χ3v) is 3.90. The lowest BCUT2D eigenvalue weighted by Gasteiger charge is -2.21. The Morgan fingerprint density at radius 2 is 2.16 bits per heavy atom. The Morgan fingerprint density at radius 3 is 2.76 bits per heavy atom. The number of benzene rings is 1. The van der Waals surface area contributed by atoms with Gasteiger partial charge in [-0.2, -0.15) is 0 Å². The first-order chi connectivity index (χ1) is 11.7. The topological polar surface area (TPSA) is 66.3 Å². The summed E-state index contributed by atoms with van der Waals surface area (Å²) in [5.74, 6) is 2.35. The fourth-order valence-electron chi connectivity index (χ4n) is 2.67. The maximum absolute atomic E-state index is 9.72. The highest BCUT2D eigenvalue weighted by Crippen LogP contribution is 2.28. The number of rotatable bonds is 7. The molecule has 142 valence electrons. The van der Waals surface area contributed by atoms with Gasteiger partial charge in [-0.3, -0.25) is 0 Å². The molecule has 2 rings (SSSR count). The van der Waals surface area contributed by atoms with Gasteiger partial charge in [-0.15, -0.1) is 24.0 Å². The van der Waals surface area contributed by atoms with Crippen molar-refractivity contribution in [3.05, 3.63) is 23.8 Å². The highest BCUT2D eigenvalue weighted by atomic mass is 127. The highest BCUT2D eigenvalue weighted by Gasteiger charge is 2.22. The number of hydrogen-bond donors (Lipinski definition) is 2. The molecule has 1 heterocycles. The Hall–Kier alpha value is -1.22. The van der Waals surface area contributed by atoms with E-state index in [0.717, 1.165) is 49.0 Å². The number of aliphatic hydroxyl groups is 1. The molecule has 0 saturated carbocycles. The molecular formula is C18H30IN3O3. The molecule has 25 heavy (non-hydrogen) atoms. The number of ether oxygens (including phenoxy) is 2. The normalized spacial score (nSPS) is 17.2. The third-order valence-electron chi connectivity index (χ3n) is 3.90. The van der Waals surface area contributed by atoms with E-state index >= 15 is 0 Å². The van der Waals surface area contributed by atoms with Crippen molar-refractivity contribution in [1.29, 1.82) is 0 Å². The molecule has 0 spiro atoms. The molecule has 1 aliphatic heterocycles. The Labute approximate surface area is 167 Å². The van der Waals surface area contributed by atoms with Gasteiger partial charge in [0.25, 0.3) is 0 Å². The fraction of sp³-hybridized carbons (Fsp3) is 0.611. The van der Waals surface area contributed by atoms with Crippen LogP contribution < -0.4 is 14.8 Å². The zero-order valence-corrected chi connectivity index (χ0v) is 17.7. The second-order valence-corrected chi connectivity index (χ2v) is 5.89. The number of aliphatic hydroxyl groups excluding tert-OH is 1. The summed E-state index contributed by atoms with van der Waals surface area (Å²) in [5.41, 5.74) is 1.06. The highest BCUT2D eigenvalue weighted by molar-refractivity contribution is 14.0. The van der Waals surface area contributed by atoms with E-state index in [-0.39, 0.29) is 30.1 Å². The first-order valence-corrected chi connectivity index (χ1v) is 8.69. The number of hydrogen-bond acceptors (Lipinski definition) is 4. The molecule has 1 aliphatic rings. The van der Waals surface area contributed by atoms with Crippen molar-refractivity contribution in [1.82, 2.24) is 10.2 Å². The summed E-state index contributed by atoms with van der Waals surface area (Å²) in [6.45, 7) is 7.63. The summed E-state index contributed by atoms with van der Waals surface area (Å²) in [4.78, 5) is 6.79. The quantitative estimate of drug-likeness (QED) is 0.370. The van der Waals surface area contributed by atoms with Gasteiger partial charge < -0.3 is 24.8 Å². The van der Waals surface area contributed by atoms with E-state index in [1.54, 1.807) is 7.11 Å². The van der Waals surface area contributed by atoms with Gasteiger partial charge in [0.1, 0.15) is 0 Å². The van der Waals surface area contributed by atoms with Gasteiger partial charge >= 0.3 is 0 Å². The maximum Gasteiger partial charge on any atom is 0.194 e. The molecule has 1 aromatic rings. The lowest BCUT2D eigenvalue weighted by atomic mass is 10.2. The number of guanidine groups is 1. The standard InChI is InChI=1S/C18H29N3O3.HI/c1-4-10-24-16-7-6-14(11-17(16)23-3)12-20-18(19-5-2)21-9-8-15(22)13-21;/h6-7,11,15,22H,4-5,8-10,12-13H2,1-3H3,(H,19,20);1H/t15-;/m1./s1. The van der Waals surface area contributed by atoms with E-state index in [1.807, 2.05) is 25.1 Å². The molecule has 0 amide bonds. The van der Waals surface area contributed by atoms with Crippen LogP contribution in [0, 0.1) is 0 Å². The molecule has 1 atom stereocenters. The minimum Gasteiger partial charge on any atom is -0.493 e. The van der Waals surface area contributed by atoms with Crippen LogP contribution >= 0.6 is 24.0 Å². The molecule has 1 fully saturated rings. The number of likely N-dealkylation sites (tertiary alicyclic amines) is 1. The maximum atomic E-state index is 9.72. The molecule has 2 N–H and O–H groups in total. The average molecular weight is 463 g/mol. The van der Waals surface area contributed by atoms with Crippen molar-refractivity contribution in [3.8, 4) is 11.5 Å². The Morgan fingerprint density at radius 1 is 1.36 bits per heavy atom. The summed E-state index contributed by atoms with van der Waals surface area (Å²) < 4.78 is 11.1. The number of nitrogens with zero attached hydrogens (tertiary/aromatic N) is 2. The van der Waals surface area contributed by atoms with Crippen molar-refractivity contribution in [2.75, 3.05) is 33.4 Å². The summed E-state index contributed by atoms with van der Waals surface area (Å²) in [7, 11) is 1.65. The van der Waals surface area contributed by atoms with Gasteiger partial charge in [-0.1, -0.05) is 13.0 Å². The van der Waals surface area contributed by atoms with Crippen molar-refractivity contribution in [2.24, 2.45) is 4.99 Å². The number of methoxy groups -OCH3 is 1. The smallest absolute Gasteiger partial charge is 0.194 e. The first-order valence-electron chi connectivity index (χ1n) is 8.69. The minimum atomic E-state index is -0.260. The van der Waals surface area contributed by atoms with Crippen LogP contribution in [-0.2, 0) is 6.54 Å². The molecule has 0 radical (unpaired) electrons. The van der Waals surface area contributed by atoms with Crippen LogP contribution in [0.2, 0.25) is 0 Å². The molecule has 7 heteroatoms. The third kappa shape index (κ3) is 6.54. The Balaban J connectivity index is 0.00000312. The lowest BCUT2D eigenvalue weighted by molar-refractivity contribution is 0.188. The van der Waals surface area contributed by atoms with Crippen LogP contribution in [0.25, 0.3) is 0 Å². The van der Waals surface area contributed by atoms with E-state index in [4.69, 9.17) is 14.5 Å². The molecule has 6 nitrogen and oxygen atoms in total. The fourth-order valence-corrected chi connectivity index (χ4v) is 2.67. The van der Waals surface area contributed by atoms with Crippen LogP contribution in [0.1, 0.15) is 32.3 Å². The van der Waals surface area contributed by atoms with E-state index < -0.39 is 0 Å². The molecule has 0 unspecified atom stereocenters. The van der Waals surface area contributed by atoms with Crippen molar-refractivity contribution < 1.29 is 14.6 Å². The van der Waals surface area contributed by atoms with E-state index in [1.165, 1.54) is 0 Å². The number of aliphatic imine (C=N–C) groups is 1. The van der Waals surface area contributed by atoms with E-state index in [9.17, 15) is 5.11 Å². The van der Waals surface area contributed by atoms with E-state index in [0.29, 0.717) is 19.7 Å². The van der Waals surface area contributed by atoms with Crippen molar-refractivity contribution in [3.63, 3.8) is 0 Å². The number of β-amino-alcohol motifs (C(OH)–C–C–N with tert-alkyl or cyclic N) is 1. The number of halogens is 1. The van der Waals surface area contributed by atoms with Gasteiger partial charge in [0.15, 0.2) is 17.5 Å². The first kappa shape index (κ1) is 21.8. The molecule has 0 aliphatic carbocycles. The monoisotopic (exact) mass is 463 g/mol. The average Bonchev–Trinajstić information content (AvgIpc) is 3.03. The van der Waals surface area contributed by atoms with E-state index in [2.05, 4.69) is 17.1 Å². The van der Waals surface area contributed by atoms with Crippen LogP contribution in [0.4, 0.5) is 0 Å². The second kappa shape index (κ2) is 11.4. The molecule has 0 bridgehead atoms. The van der Waals surface area contributed by atoms with Crippen molar-refractivity contribution >= 4 is 29.9 Å². The zero-order valence-electron chi connectivity index (χ0n) is 15.3. The molecule has 0 aromatic heterocycles. The van der Waals surface area contributed by atoms with Gasteiger partial charge in [-0.05, 0) is 37.5 Å². The Kier molecular flexibility index (Phi) is 9.96. The summed E-state index contributed by atoms with van der Waals surface area (Å²) in [5, 5.41) is 13.0. The van der Waals surface area contributed by atoms with Gasteiger partial charge in [0.2, 0.25) is 0 Å². The zero-order chi connectivity index (χ0) is 17.4.